The minimum absolute atomic E-state index is 0.0150. The summed E-state index contributed by atoms with van der Waals surface area (Å²) in [5.41, 5.74) is -4.65. The van der Waals surface area contributed by atoms with E-state index in [1.807, 2.05) is 6.07 Å². The van der Waals surface area contributed by atoms with Gasteiger partial charge in [0.2, 0.25) is 5.91 Å². The van der Waals surface area contributed by atoms with Crippen molar-refractivity contribution in [2.24, 2.45) is 5.92 Å². The Morgan fingerprint density at radius 1 is 0.973 bits per heavy atom. The van der Waals surface area contributed by atoms with Crippen LogP contribution < -0.4 is 10.6 Å². The third-order valence-electron chi connectivity index (χ3n) is 6.10. The fraction of sp³-hybridized carbons (Fsp3) is 0.348. The van der Waals surface area contributed by atoms with Gasteiger partial charge in [0, 0.05) is 11.6 Å². The molecule has 0 heterocycles. The zero-order valence-electron chi connectivity index (χ0n) is 18.2. The highest BCUT2D eigenvalue weighted by atomic mass is 35.5. The van der Waals surface area contributed by atoms with E-state index in [-0.39, 0.29) is 22.3 Å². The van der Waals surface area contributed by atoms with Crippen LogP contribution in [0.2, 0.25) is 5.02 Å². The van der Waals surface area contributed by atoms with Crippen molar-refractivity contribution in [1.82, 2.24) is 5.32 Å². The summed E-state index contributed by atoms with van der Waals surface area (Å²) >= 11 is 18.3. The second kappa shape index (κ2) is 8.96. The van der Waals surface area contributed by atoms with Gasteiger partial charge in [-0.3, -0.25) is 9.59 Å². The number of anilines is 1. The molecule has 0 unspecified atom stereocenters. The van der Waals surface area contributed by atoms with Crippen LogP contribution in [0.1, 0.15) is 45.8 Å². The summed E-state index contributed by atoms with van der Waals surface area (Å²) < 4.78 is 77.5. The van der Waals surface area contributed by atoms with Crippen molar-refractivity contribution in [2.45, 2.75) is 41.0 Å². The zero-order valence-corrected chi connectivity index (χ0v) is 20.5. The molecule has 2 aliphatic carbocycles. The van der Waals surface area contributed by atoms with Crippen molar-refractivity contribution in [3.8, 4) is 6.07 Å². The number of halogens is 9. The number of nitrogens with one attached hydrogen (secondary N) is 2. The van der Waals surface area contributed by atoms with Gasteiger partial charge in [-0.1, -0.05) is 11.6 Å². The lowest BCUT2D eigenvalue weighted by molar-refractivity contribution is -0.143. The monoisotopic (exact) mass is 583 g/mol. The molecule has 5 nitrogen and oxygen atoms in total. The molecule has 2 aromatic carbocycles. The maximum atomic E-state index is 13.2. The van der Waals surface area contributed by atoms with Gasteiger partial charge in [0.15, 0.2) is 0 Å². The van der Waals surface area contributed by atoms with E-state index in [1.54, 1.807) is 0 Å². The maximum Gasteiger partial charge on any atom is 0.416 e. The van der Waals surface area contributed by atoms with Gasteiger partial charge in [-0.25, -0.2) is 0 Å². The fourth-order valence-corrected chi connectivity index (χ4v) is 4.93. The van der Waals surface area contributed by atoms with Gasteiger partial charge < -0.3 is 10.6 Å². The molecule has 0 saturated heterocycles. The molecule has 196 valence electrons. The summed E-state index contributed by atoms with van der Waals surface area (Å²) in [6.45, 7) is 0. The molecule has 0 spiro atoms. The van der Waals surface area contributed by atoms with E-state index >= 15 is 0 Å². The Morgan fingerprint density at radius 2 is 1.54 bits per heavy atom. The molecule has 2 fully saturated rings. The first-order valence-corrected chi connectivity index (χ1v) is 11.6. The number of carbonyl (C=O) groups is 2. The van der Waals surface area contributed by atoms with E-state index < -0.39 is 62.6 Å². The molecule has 2 aliphatic rings. The van der Waals surface area contributed by atoms with Crippen LogP contribution in [-0.4, -0.2) is 21.7 Å². The number of alkyl halides is 8. The molecule has 0 bridgehead atoms. The third kappa shape index (κ3) is 5.47. The molecule has 2 aromatic rings. The van der Waals surface area contributed by atoms with Crippen LogP contribution in [0.4, 0.5) is 32.0 Å². The Balaban J connectivity index is 1.58. The van der Waals surface area contributed by atoms with E-state index in [0.717, 1.165) is 0 Å². The topological polar surface area (TPSA) is 82.0 Å². The Hall–Kier alpha value is -2.68. The van der Waals surface area contributed by atoms with Gasteiger partial charge in [-0.15, -0.1) is 23.2 Å². The summed E-state index contributed by atoms with van der Waals surface area (Å²) in [5.74, 6) is -4.34. The number of nitriles is 1. The molecule has 37 heavy (non-hydrogen) atoms. The minimum atomic E-state index is -5.09. The van der Waals surface area contributed by atoms with Crippen LogP contribution in [0, 0.1) is 17.2 Å². The van der Waals surface area contributed by atoms with Gasteiger partial charge in [0.05, 0.1) is 33.7 Å². The second-order valence-corrected chi connectivity index (χ2v) is 10.7. The average Bonchev–Trinajstić information content (AvgIpc) is 3.68. The molecule has 0 radical (unpaired) electrons. The lowest BCUT2D eigenvalue weighted by atomic mass is 10.0. The molecule has 0 aromatic heterocycles. The third-order valence-corrected chi connectivity index (χ3v) is 7.37. The second-order valence-electron chi connectivity index (χ2n) is 8.80. The Labute approximate surface area is 220 Å². The van der Waals surface area contributed by atoms with Crippen molar-refractivity contribution in [3.05, 3.63) is 63.7 Å². The molecule has 0 aliphatic heterocycles. The van der Waals surface area contributed by atoms with Crippen molar-refractivity contribution in [2.75, 3.05) is 5.32 Å². The highest BCUT2D eigenvalue weighted by Gasteiger charge is 2.68. The van der Waals surface area contributed by atoms with Crippen LogP contribution in [0.3, 0.4) is 0 Å². The number of hydrogen-bond acceptors (Lipinski definition) is 3. The first-order chi connectivity index (χ1) is 17.0. The Bertz CT molecular complexity index is 1300. The predicted octanol–water partition coefficient (Wildman–Crippen LogP) is 6.69. The molecule has 2 N–H and O–H groups in total. The quantitative estimate of drug-likeness (QED) is 0.304. The van der Waals surface area contributed by atoms with Gasteiger partial charge >= 0.3 is 12.4 Å². The first-order valence-electron chi connectivity index (χ1n) is 10.5. The predicted molar refractivity (Wildman–Crippen MR) is 122 cm³/mol. The van der Waals surface area contributed by atoms with Gasteiger partial charge in [-0.05, 0) is 54.8 Å². The van der Waals surface area contributed by atoms with Crippen LogP contribution >= 0.6 is 34.8 Å². The van der Waals surface area contributed by atoms with Gasteiger partial charge in [0.25, 0.3) is 5.91 Å². The summed E-state index contributed by atoms with van der Waals surface area (Å²) in [5, 5.41) is 14.1. The number of rotatable bonds is 5. The Kier molecular flexibility index (Phi) is 6.63. The molecular formula is C23H14Cl3F6N3O2. The van der Waals surface area contributed by atoms with E-state index in [9.17, 15) is 35.9 Å². The fourth-order valence-electron chi connectivity index (χ4n) is 3.90. The van der Waals surface area contributed by atoms with Crippen molar-refractivity contribution in [1.29, 1.82) is 5.26 Å². The first kappa shape index (κ1) is 27.4. The van der Waals surface area contributed by atoms with Crippen LogP contribution in [-0.2, 0) is 17.1 Å². The van der Waals surface area contributed by atoms with Gasteiger partial charge in [0.1, 0.15) is 9.87 Å². The van der Waals surface area contributed by atoms with E-state index in [0.29, 0.717) is 25.0 Å². The highest BCUT2D eigenvalue weighted by Crippen LogP contribution is 2.65. The standard InChI is InChI=1S/C23H14Cl3F6N3O2/c24-15-2-1-13(8-14(15)18(36)35-20(9-33)3-4-20)34-19(37)17-16(21(17,25)26)10-5-11(22(27,28)29)7-12(6-10)23(30,31)32/h1-2,5-8,16-17H,3-4H2,(H,34,37)(H,35,36)/t16-,17+/m0/s1. The lowest BCUT2D eigenvalue weighted by Crippen LogP contribution is -2.35. The number of amides is 2. The number of nitrogens with zero attached hydrogens (tertiary/aromatic N) is 1. The minimum Gasteiger partial charge on any atom is -0.334 e. The van der Waals surface area contributed by atoms with Crippen molar-refractivity contribution >= 4 is 52.3 Å². The average molecular weight is 585 g/mol. The van der Waals surface area contributed by atoms with Crippen LogP contribution in [0.5, 0.6) is 0 Å². The smallest absolute Gasteiger partial charge is 0.334 e. The van der Waals surface area contributed by atoms with Crippen LogP contribution in [0.25, 0.3) is 0 Å². The number of benzene rings is 2. The molecule has 14 heteroatoms. The van der Waals surface area contributed by atoms with E-state index in [4.69, 9.17) is 40.1 Å². The highest BCUT2D eigenvalue weighted by molar-refractivity contribution is 6.53. The summed E-state index contributed by atoms with van der Waals surface area (Å²) in [7, 11) is 0. The molecule has 2 atom stereocenters. The van der Waals surface area contributed by atoms with Crippen molar-refractivity contribution in [3.63, 3.8) is 0 Å². The normalized spacial score (nSPS) is 21.5. The zero-order chi connectivity index (χ0) is 27.6. The largest absolute Gasteiger partial charge is 0.416 e. The summed E-state index contributed by atoms with van der Waals surface area (Å²) in [6, 6.07) is 6.71. The lowest BCUT2D eigenvalue weighted by Gasteiger charge is -2.14. The maximum absolute atomic E-state index is 13.2. The van der Waals surface area contributed by atoms with Gasteiger partial charge in [-0.2, -0.15) is 31.6 Å². The summed E-state index contributed by atoms with van der Waals surface area (Å²) in [4.78, 5) is 25.4. The molecule has 2 amide bonds. The molecule has 2 saturated carbocycles. The van der Waals surface area contributed by atoms with Crippen LogP contribution in [0.15, 0.2) is 36.4 Å². The molecule has 4 rings (SSSR count). The number of carbonyl (C=O) groups excluding carboxylic acids is 2. The van der Waals surface area contributed by atoms with E-state index in [1.165, 1.54) is 18.2 Å². The van der Waals surface area contributed by atoms with E-state index in [2.05, 4.69) is 10.6 Å². The molecular weight excluding hydrogens is 571 g/mol. The summed E-state index contributed by atoms with van der Waals surface area (Å²) in [6.07, 6.45) is -9.25. The Morgan fingerprint density at radius 3 is 2.03 bits per heavy atom. The van der Waals surface area contributed by atoms with Crippen molar-refractivity contribution < 1.29 is 35.9 Å². The number of hydrogen-bond donors (Lipinski definition) is 2. The SMILES string of the molecule is N#CC1(NC(=O)c2cc(NC(=O)[C@H]3[C@H](c4cc(C(F)(F)F)cc(C(F)(F)F)c4)C3(Cl)Cl)ccc2Cl)CC1.